The first-order chi connectivity index (χ1) is 14.6. The third-order valence-corrected chi connectivity index (χ3v) is 7.08. The minimum absolute atomic E-state index is 0.0466. The Kier molecular flexibility index (Phi) is 6.30. The summed E-state index contributed by atoms with van der Waals surface area (Å²) in [5, 5.41) is 5.99. The summed E-state index contributed by atoms with van der Waals surface area (Å²) in [6.45, 7) is 2.59. The van der Waals surface area contributed by atoms with E-state index in [0.29, 0.717) is 17.9 Å². The number of thiophene rings is 1. The number of aryl methyl sites for hydroxylation is 1. The summed E-state index contributed by atoms with van der Waals surface area (Å²) in [6.07, 6.45) is 1.66. The number of hydrogen-bond donors (Lipinski definition) is 1. The van der Waals surface area contributed by atoms with E-state index in [1.54, 1.807) is 41.4 Å². The summed E-state index contributed by atoms with van der Waals surface area (Å²) < 4.78 is 0. The predicted octanol–water partition coefficient (Wildman–Crippen LogP) is 4.59. The molecule has 2 amide bonds. The zero-order valence-electron chi connectivity index (χ0n) is 16.4. The van der Waals surface area contributed by atoms with Gasteiger partial charge in [-0.15, -0.1) is 23.1 Å². The highest BCUT2D eigenvalue weighted by Gasteiger charge is 2.32. The van der Waals surface area contributed by atoms with Crippen LogP contribution in [-0.2, 0) is 11.3 Å². The number of benzene rings is 2. The topological polar surface area (TPSA) is 61.8 Å². The summed E-state index contributed by atoms with van der Waals surface area (Å²) in [5.41, 5.74) is 6.35. The van der Waals surface area contributed by atoms with Crippen molar-refractivity contribution in [3.8, 4) is 0 Å². The van der Waals surface area contributed by atoms with Gasteiger partial charge in [-0.2, -0.15) is 5.10 Å². The molecule has 0 bridgehead atoms. The van der Waals surface area contributed by atoms with Gasteiger partial charge < -0.3 is 4.90 Å². The Balaban J connectivity index is 1.42. The van der Waals surface area contributed by atoms with Gasteiger partial charge in [-0.3, -0.25) is 9.59 Å². The van der Waals surface area contributed by atoms with Gasteiger partial charge in [0.15, 0.2) is 0 Å². The molecule has 4 rings (SSSR count). The molecule has 30 heavy (non-hydrogen) atoms. The lowest BCUT2D eigenvalue weighted by atomic mass is 10.1. The van der Waals surface area contributed by atoms with E-state index in [2.05, 4.69) is 10.5 Å². The van der Waals surface area contributed by atoms with Crippen LogP contribution in [0.3, 0.4) is 0 Å². The normalized spacial score (nSPS) is 16.4. The van der Waals surface area contributed by atoms with Crippen LogP contribution in [-0.4, -0.2) is 28.7 Å². The predicted molar refractivity (Wildman–Crippen MR) is 123 cm³/mol. The van der Waals surface area contributed by atoms with E-state index in [4.69, 9.17) is 0 Å². The SMILES string of the molecule is Cc1ccsc1/C=N/NC(=O)c1ccc(C2SCC(=O)N2Cc2ccccc2)cc1. The Labute approximate surface area is 183 Å². The lowest BCUT2D eigenvalue weighted by Crippen LogP contribution is -2.27. The molecule has 5 nitrogen and oxygen atoms in total. The van der Waals surface area contributed by atoms with E-state index >= 15 is 0 Å². The summed E-state index contributed by atoms with van der Waals surface area (Å²) in [7, 11) is 0. The van der Waals surface area contributed by atoms with Gasteiger partial charge in [-0.25, -0.2) is 5.43 Å². The second-order valence-corrected chi connectivity index (χ2v) is 8.98. The molecule has 152 valence electrons. The molecular formula is C23H21N3O2S2. The maximum absolute atomic E-state index is 12.4. The number of nitrogens with one attached hydrogen (secondary N) is 1. The van der Waals surface area contributed by atoms with Crippen molar-refractivity contribution in [1.29, 1.82) is 0 Å². The third-order valence-electron chi connectivity index (χ3n) is 4.87. The maximum Gasteiger partial charge on any atom is 0.271 e. The van der Waals surface area contributed by atoms with E-state index in [9.17, 15) is 9.59 Å². The molecule has 2 aromatic carbocycles. The highest BCUT2D eigenvalue weighted by atomic mass is 32.2. The molecule has 1 aliphatic heterocycles. The van der Waals surface area contributed by atoms with Gasteiger partial charge in [0, 0.05) is 17.0 Å². The molecular weight excluding hydrogens is 414 g/mol. The molecule has 0 radical (unpaired) electrons. The molecule has 1 fully saturated rings. The van der Waals surface area contributed by atoms with E-state index in [0.717, 1.165) is 21.6 Å². The van der Waals surface area contributed by atoms with Gasteiger partial charge in [-0.05, 0) is 47.2 Å². The summed E-state index contributed by atoms with van der Waals surface area (Å²) in [4.78, 5) is 27.7. The van der Waals surface area contributed by atoms with Crippen LogP contribution in [0.25, 0.3) is 0 Å². The van der Waals surface area contributed by atoms with E-state index in [1.165, 1.54) is 0 Å². The van der Waals surface area contributed by atoms with Crippen molar-refractivity contribution in [3.63, 3.8) is 0 Å². The van der Waals surface area contributed by atoms with Crippen molar-refractivity contribution >= 4 is 41.1 Å². The Hall–Kier alpha value is -2.90. The van der Waals surface area contributed by atoms with Crippen LogP contribution in [0.15, 0.2) is 71.1 Å². The van der Waals surface area contributed by atoms with E-state index < -0.39 is 0 Å². The summed E-state index contributed by atoms with van der Waals surface area (Å²) in [6, 6.07) is 19.4. The molecule has 1 unspecified atom stereocenters. The Morgan fingerprint density at radius 1 is 1.17 bits per heavy atom. The van der Waals surface area contributed by atoms with Crippen molar-refractivity contribution < 1.29 is 9.59 Å². The third kappa shape index (κ3) is 4.63. The number of carbonyl (C=O) groups is 2. The van der Waals surface area contributed by atoms with Gasteiger partial charge >= 0.3 is 0 Å². The summed E-state index contributed by atoms with van der Waals surface area (Å²) in [5.74, 6) is 0.341. The number of rotatable bonds is 6. The Morgan fingerprint density at radius 2 is 1.93 bits per heavy atom. The second-order valence-electron chi connectivity index (χ2n) is 6.96. The van der Waals surface area contributed by atoms with Gasteiger partial charge in [0.2, 0.25) is 5.91 Å². The van der Waals surface area contributed by atoms with Crippen LogP contribution < -0.4 is 5.43 Å². The van der Waals surface area contributed by atoms with Crippen molar-refractivity contribution in [1.82, 2.24) is 10.3 Å². The van der Waals surface area contributed by atoms with Gasteiger partial charge in [-0.1, -0.05) is 42.5 Å². The first kappa shape index (κ1) is 20.4. The van der Waals surface area contributed by atoms with Crippen molar-refractivity contribution in [2.24, 2.45) is 5.10 Å². The minimum Gasteiger partial charge on any atom is -0.322 e. The zero-order valence-corrected chi connectivity index (χ0v) is 18.1. The lowest BCUT2D eigenvalue weighted by molar-refractivity contribution is -0.128. The smallest absolute Gasteiger partial charge is 0.271 e. The highest BCUT2D eigenvalue weighted by molar-refractivity contribution is 8.00. The number of hydrazone groups is 1. The Bertz CT molecular complexity index is 1060. The molecule has 0 saturated carbocycles. The lowest BCUT2D eigenvalue weighted by Gasteiger charge is -2.24. The second kappa shape index (κ2) is 9.28. The van der Waals surface area contributed by atoms with Crippen LogP contribution >= 0.6 is 23.1 Å². The fourth-order valence-corrected chi connectivity index (χ4v) is 5.19. The number of nitrogens with zero attached hydrogens (tertiary/aromatic N) is 2. The number of amides is 2. The van der Waals surface area contributed by atoms with Crippen LogP contribution in [0, 0.1) is 6.92 Å². The van der Waals surface area contributed by atoms with E-state index in [1.807, 2.05) is 65.7 Å². The van der Waals surface area contributed by atoms with Crippen LogP contribution in [0.2, 0.25) is 0 Å². The Morgan fingerprint density at radius 3 is 2.63 bits per heavy atom. The van der Waals surface area contributed by atoms with Gasteiger partial charge in [0.25, 0.3) is 5.91 Å². The fraction of sp³-hybridized carbons (Fsp3) is 0.174. The van der Waals surface area contributed by atoms with Crippen LogP contribution in [0.1, 0.15) is 37.3 Å². The number of thioether (sulfide) groups is 1. The minimum atomic E-state index is -0.261. The van der Waals surface area contributed by atoms with Crippen LogP contribution in [0.4, 0.5) is 0 Å². The molecule has 0 spiro atoms. The van der Waals surface area contributed by atoms with Crippen molar-refractivity contribution in [2.75, 3.05) is 5.75 Å². The molecule has 7 heteroatoms. The molecule has 1 atom stereocenters. The average molecular weight is 436 g/mol. The van der Waals surface area contributed by atoms with Gasteiger partial charge in [0.1, 0.15) is 5.37 Å². The van der Waals surface area contributed by atoms with E-state index in [-0.39, 0.29) is 17.2 Å². The van der Waals surface area contributed by atoms with Crippen molar-refractivity contribution in [2.45, 2.75) is 18.8 Å². The molecule has 1 aromatic heterocycles. The molecule has 1 saturated heterocycles. The average Bonchev–Trinajstić information content (AvgIpc) is 3.34. The first-order valence-corrected chi connectivity index (χ1v) is 11.5. The zero-order chi connectivity index (χ0) is 20.9. The first-order valence-electron chi connectivity index (χ1n) is 9.54. The molecule has 1 N–H and O–H groups in total. The number of hydrogen-bond acceptors (Lipinski definition) is 5. The monoisotopic (exact) mass is 435 g/mol. The molecule has 1 aliphatic rings. The fourth-order valence-electron chi connectivity index (χ4n) is 3.21. The maximum atomic E-state index is 12.4. The molecule has 2 heterocycles. The van der Waals surface area contributed by atoms with Crippen molar-refractivity contribution in [3.05, 3.63) is 93.2 Å². The number of carbonyl (C=O) groups excluding carboxylic acids is 2. The largest absolute Gasteiger partial charge is 0.322 e. The quantitative estimate of drug-likeness (QED) is 0.455. The molecule has 3 aromatic rings. The summed E-state index contributed by atoms with van der Waals surface area (Å²) >= 11 is 3.19. The van der Waals surface area contributed by atoms with Gasteiger partial charge in [0.05, 0.1) is 12.0 Å². The van der Waals surface area contributed by atoms with Crippen LogP contribution in [0.5, 0.6) is 0 Å². The highest BCUT2D eigenvalue weighted by Crippen LogP contribution is 2.39. The standard InChI is InChI=1S/C23H21N3O2S2/c1-16-11-12-29-20(16)13-24-25-22(28)18-7-9-19(10-8-18)23-26(21(27)15-30-23)14-17-5-3-2-4-6-17/h2-13,23H,14-15H2,1H3,(H,25,28)/b24-13+. The molecule has 0 aliphatic carbocycles.